The Morgan fingerprint density at radius 2 is 2.00 bits per heavy atom. The number of nitriles is 1. The van der Waals surface area contributed by atoms with Gasteiger partial charge in [-0.15, -0.1) is 20.5 Å². The Morgan fingerprint density at radius 1 is 1.25 bits per heavy atom. The summed E-state index contributed by atoms with van der Waals surface area (Å²) >= 11 is 1.62. The van der Waals surface area contributed by atoms with E-state index >= 15 is 0 Å². The summed E-state index contributed by atoms with van der Waals surface area (Å²) in [7, 11) is 0. The number of fused-ring (bicyclic) bond motifs is 2. The molecule has 5 rings (SSSR count). The zero-order valence-electron chi connectivity index (χ0n) is 14.8. The van der Waals surface area contributed by atoms with Crippen molar-refractivity contribution in [3.8, 4) is 29.1 Å². The lowest BCUT2D eigenvalue weighted by atomic mass is 9.99. The first-order chi connectivity index (χ1) is 13.4. The van der Waals surface area contributed by atoms with Crippen LogP contribution in [0.15, 0.2) is 29.3 Å². The van der Waals surface area contributed by atoms with E-state index in [1.165, 1.54) is 12.1 Å². The van der Waals surface area contributed by atoms with Crippen LogP contribution in [0.3, 0.4) is 0 Å². The maximum absolute atomic E-state index is 13.2. The van der Waals surface area contributed by atoms with Crippen molar-refractivity contribution in [3.05, 3.63) is 30.0 Å². The minimum Gasteiger partial charge on any atom is -0.395 e. The first-order valence-corrected chi connectivity index (χ1v) is 9.76. The molecule has 6 nitrogen and oxygen atoms in total. The van der Waals surface area contributed by atoms with Crippen LogP contribution in [-0.4, -0.2) is 27.0 Å². The molecule has 1 saturated carbocycles. The molecule has 0 bridgehead atoms. The maximum Gasteiger partial charge on any atom is 0.586 e. The van der Waals surface area contributed by atoms with E-state index in [1.807, 2.05) is 13.0 Å². The van der Waals surface area contributed by atoms with Crippen molar-refractivity contribution in [1.82, 2.24) is 15.0 Å². The number of thioether (sulfide) groups is 1. The number of benzene rings is 1. The number of imidazole rings is 1. The van der Waals surface area contributed by atoms with Gasteiger partial charge < -0.3 is 14.5 Å². The molecule has 1 N–H and O–H groups in total. The lowest BCUT2D eigenvalue weighted by Gasteiger charge is -2.11. The van der Waals surface area contributed by atoms with E-state index in [-0.39, 0.29) is 11.5 Å². The van der Waals surface area contributed by atoms with Gasteiger partial charge in [0.15, 0.2) is 17.3 Å². The second-order valence-electron chi connectivity index (χ2n) is 6.77. The molecule has 1 aliphatic carbocycles. The number of halogens is 2. The van der Waals surface area contributed by atoms with Crippen LogP contribution < -0.4 is 9.47 Å². The van der Waals surface area contributed by atoms with E-state index in [2.05, 4.69) is 30.5 Å². The highest BCUT2D eigenvalue weighted by molar-refractivity contribution is 7.99. The minimum atomic E-state index is -3.66. The van der Waals surface area contributed by atoms with Gasteiger partial charge in [-0.05, 0) is 30.2 Å². The molecular weight excluding hydrogens is 386 g/mol. The van der Waals surface area contributed by atoms with Gasteiger partial charge in [-0.3, -0.25) is 4.98 Å². The molecule has 0 unspecified atom stereocenters. The number of nitrogens with zero attached hydrogens (tertiary/aromatic N) is 3. The zero-order chi connectivity index (χ0) is 19.5. The summed E-state index contributed by atoms with van der Waals surface area (Å²) < 4.78 is 35.5. The highest BCUT2D eigenvalue weighted by atomic mass is 32.2. The number of H-pyrrole nitrogens is 1. The smallest absolute Gasteiger partial charge is 0.395 e. The molecule has 3 heterocycles. The number of aromatic nitrogens is 3. The Labute approximate surface area is 162 Å². The molecule has 1 aliphatic heterocycles. The fourth-order valence-electron chi connectivity index (χ4n) is 3.31. The Kier molecular flexibility index (Phi) is 3.58. The van der Waals surface area contributed by atoms with Crippen molar-refractivity contribution in [2.45, 2.75) is 36.4 Å². The summed E-state index contributed by atoms with van der Waals surface area (Å²) in [6.45, 7) is 2.04. The van der Waals surface area contributed by atoms with Crippen molar-refractivity contribution in [2.75, 3.05) is 5.75 Å². The van der Waals surface area contributed by atoms with E-state index in [4.69, 9.17) is 0 Å². The number of hydrogen-bond donors (Lipinski definition) is 1. The molecule has 0 radical (unpaired) electrons. The van der Waals surface area contributed by atoms with Gasteiger partial charge in [0.25, 0.3) is 0 Å². The van der Waals surface area contributed by atoms with Crippen LogP contribution in [0.25, 0.3) is 22.6 Å². The molecule has 0 saturated heterocycles. The third-order valence-electron chi connectivity index (χ3n) is 4.90. The Balaban J connectivity index is 1.57. The van der Waals surface area contributed by atoms with Crippen molar-refractivity contribution in [1.29, 1.82) is 5.26 Å². The van der Waals surface area contributed by atoms with Crippen molar-refractivity contribution in [3.63, 3.8) is 0 Å². The van der Waals surface area contributed by atoms with Crippen LogP contribution in [0.2, 0.25) is 0 Å². The number of hydrogen-bond acceptors (Lipinski definition) is 6. The summed E-state index contributed by atoms with van der Waals surface area (Å²) in [6, 6.07) is 7.26. The average Bonchev–Trinajstić information content (AvgIpc) is 3.26. The maximum atomic E-state index is 13.2. The lowest BCUT2D eigenvalue weighted by molar-refractivity contribution is -0.286. The fraction of sp³-hybridized carbons (Fsp3) is 0.316. The molecule has 2 aliphatic rings. The normalized spacial score (nSPS) is 18.2. The number of rotatable bonds is 4. The zero-order valence-corrected chi connectivity index (χ0v) is 15.6. The highest BCUT2D eigenvalue weighted by Gasteiger charge is 2.46. The van der Waals surface area contributed by atoms with Gasteiger partial charge in [0.2, 0.25) is 0 Å². The summed E-state index contributed by atoms with van der Waals surface area (Å²) in [6.07, 6.45) is -0.236. The van der Waals surface area contributed by atoms with Gasteiger partial charge in [-0.1, -0.05) is 6.92 Å². The number of ether oxygens (including phenoxy) is 2. The van der Waals surface area contributed by atoms with Gasteiger partial charge in [-0.2, -0.15) is 5.26 Å². The summed E-state index contributed by atoms with van der Waals surface area (Å²) in [5.74, 6) is 1.27. The Hall–Kier alpha value is -2.86. The van der Waals surface area contributed by atoms with E-state index in [0.717, 1.165) is 29.1 Å². The topological polar surface area (TPSA) is 83.8 Å². The summed E-state index contributed by atoms with van der Waals surface area (Å²) in [4.78, 5) is 13.1. The second kappa shape index (κ2) is 5.82. The summed E-state index contributed by atoms with van der Waals surface area (Å²) in [5.41, 5.74) is 2.19. The lowest BCUT2D eigenvalue weighted by Crippen LogP contribution is -2.25. The van der Waals surface area contributed by atoms with Crippen LogP contribution in [0.4, 0.5) is 8.78 Å². The third kappa shape index (κ3) is 2.67. The Bertz CT molecular complexity index is 1110. The predicted molar refractivity (Wildman–Crippen MR) is 98.5 cm³/mol. The third-order valence-corrected chi connectivity index (χ3v) is 5.81. The predicted octanol–water partition coefficient (Wildman–Crippen LogP) is 4.61. The monoisotopic (exact) mass is 400 g/mol. The Morgan fingerprint density at radius 3 is 2.68 bits per heavy atom. The van der Waals surface area contributed by atoms with Crippen LogP contribution in [-0.2, 0) is 5.41 Å². The highest BCUT2D eigenvalue weighted by Crippen LogP contribution is 2.49. The molecule has 0 spiro atoms. The SMILES string of the molecule is CCSc1cc(C2(C#N)CC2)cnc1-c1nc2cc3c(cc2[nH]1)OC(F)(F)O3. The number of alkyl halides is 2. The first kappa shape index (κ1) is 17.3. The molecule has 9 heteroatoms. The van der Waals surface area contributed by atoms with Crippen LogP contribution in [0.1, 0.15) is 25.3 Å². The molecule has 0 atom stereocenters. The first-order valence-electron chi connectivity index (χ1n) is 8.77. The van der Waals surface area contributed by atoms with E-state index in [9.17, 15) is 14.0 Å². The van der Waals surface area contributed by atoms with Crippen molar-refractivity contribution in [2.24, 2.45) is 0 Å². The quantitative estimate of drug-likeness (QED) is 0.644. The summed E-state index contributed by atoms with van der Waals surface area (Å²) in [5, 5.41) is 9.45. The number of nitrogens with one attached hydrogen (secondary N) is 1. The molecule has 1 aromatic carbocycles. The van der Waals surface area contributed by atoms with E-state index in [1.54, 1.807) is 18.0 Å². The molecule has 28 heavy (non-hydrogen) atoms. The van der Waals surface area contributed by atoms with Gasteiger partial charge >= 0.3 is 6.29 Å². The van der Waals surface area contributed by atoms with Crippen LogP contribution in [0.5, 0.6) is 11.5 Å². The number of pyridine rings is 1. The van der Waals surface area contributed by atoms with Gasteiger partial charge in [0.05, 0.1) is 22.5 Å². The van der Waals surface area contributed by atoms with Crippen molar-refractivity contribution < 1.29 is 18.3 Å². The molecule has 1 fully saturated rings. The largest absolute Gasteiger partial charge is 0.586 e. The standard InChI is InChI=1S/C19H14F2N4O2S/c1-2-28-15-5-10(18(9-22)3-4-18)8-23-16(15)17-24-11-6-13-14(7-12(11)25-17)27-19(20,21)26-13/h5-8H,2-4H2,1H3,(H,24,25). The van der Waals surface area contributed by atoms with Crippen LogP contribution >= 0.6 is 11.8 Å². The second-order valence-corrected chi connectivity index (χ2v) is 8.07. The van der Waals surface area contributed by atoms with Gasteiger partial charge in [0.1, 0.15) is 5.69 Å². The van der Waals surface area contributed by atoms with E-state index < -0.39 is 11.7 Å². The van der Waals surface area contributed by atoms with Gasteiger partial charge in [-0.25, -0.2) is 4.98 Å². The molecule has 2 aromatic heterocycles. The number of aromatic amines is 1. The van der Waals surface area contributed by atoms with Crippen LogP contribution in [0, 0.1) is 11.3 Å². The van der Waals surface area contributed by atoms with Crippen molar-refractivity contribution >= 4 is 22.8 Å². The molecular formula is C19H14F2N4O2S. The van der Waals surface area contributed by atoms with Gasteiger partial charge in [0, 0.05) is 23.2 Å². The fourth-order valence-corrected chi connectivity index (χ4v) is 4.11. The average molecular weight is 400 g/mol. The molecule has 3 aromatic rings. The molecule has 142 valence electrons. The molecule has 0 amide bonds. The van der Waals surface area contributed by atoms with E-state index in [0.29, 0.717) is 22.6 Å². The minimum absolute atomic E-state index is 0.0381.